The first-order chi connectivity index (χ1) is 9.06. The molecule has 1 aromatic heterocycles. The third-order valence-electron chi connectivity index (χ3n) is 3.15. The summed E-state index contributed by atoms with van der Waals surface area (Å²) < 4.78 is 5.37. The Morgan fingerprint density at radius 1 is 1.32 bits per heavy atom. The van der Waals surface area contributed by atoms with Gasteiger partial charge in [0.05, 0.1) is 18.4 Å². The number of anilines is 1. The Kier molecular flexibility index (Phi) is 3.48. The molecule has 0 fully saturated rings. The van der Waals surface area contributed by atoms with Crippen LogP contribution in [0.25, 0.3) is 11.3 Å². The normalized spacial score (nSPS) is 10.5. The van der Waals surface area contributed by atoms with Gasteiger partial charge in [0, 0.05) is 5.56 Å². The SMILES string of the molecule is COc1ccc(C(C)C)cc1-c1cc(C#N)c(N)[nH]1. The predicted octanol–water partition coefficient (Wildman–Crippen LogP) is 3.27. The summed E-state index contributed by atoms with van der Waals surface area (Å²) in [6, 6.07) is 9.86. The molecule has 2 rings (SSSR count). The first-order valence-electron chi connectivity index (χ1n) is 6.13. The minimum atomic E-state index is 0.384. The molecule has 0 bridgehead atoms. The molecule has 0 spiro atoms. The summed E-state index contributed by atoms with van der Waals surface area (Å²) in [5, 5.41) is 8.97. The van der Waals surface area contributed by atoms with E-state index in [4.69, 9.17) is 15.7 Å². The molecular formula is C15H17N3O. The van der Waals surface area contributed by atoms with E-state index in [2.05, 4.69) is 31.0 Å². The Bertz CT molecular complexity index is 635. The average molecular weight is 255 g/mol. The first kappa shape index (κ1) is 13.0. The lowest BCUT2D eigenvalue weighted by Crippen LogP contribution is -1.93. The van der Waals surface area contributed by atoms with E-state index in [-0.39, 0.29) is 0 Å². The van der Waals surface area contributed by atoms with E-state index in [0.717, 1.165) is 17.0 Å². The van der Waals surface area contributed by atoms with Crippen LogP contribution in [0, 0.1) is 11.3 Å². The highest BCUT2D eigenvalue weighted by molar-refractivity contribution is 5.73. The zero-order valence-electron chi connectivity index (χ0n) is 11.3. The number of hydrogen-bond acceptors (Lipinski definition) is 3. The number of nitrogens with one attached hydrogen (secondary N) is 1. The fraction of sp³-hybridized carbons (Fsp3) is 0.267. The molecule has 4 heteroatoms. The highest BCUT2D eigenvalue weighted by Gasteiger charge is 2.13. The quantitative estimate of drug-likeness (QED) is 0.883. The van der Waals surface area contributed by atoms with Crippen molar-refractivity contribution in [3.63, 3.8) is 0 Å². The molecule has 1 heterocycles. The van der Waals surface area contributed by atoms with Crippen molar-refractivity contribution in [2.75, 3.05) is 12.8 Å². The minimum absolute atomic E-state index is 0.384. The summed E-state index contributed by atoms with van der Waals surface area (Å²) >= 11 is 0. The third kappa shape index (κ3) is 2.41. The zero-order chi connectivity index (χ0) is 14.0. The number of benzene rings is 1. The van der Waals surface area contributed by atoms with Gasteiger partial charge in [0.2, 0.25) is 0 Å². The summed E-state index contributed by atoms with van der Waals surface area (Å²) in [5.74, 6) is 1.57. The maximum atomic E-state index is 8.97. The van der Waals surface area contributed by atoms with Crippen LogP contribution in [-0.4, -0.2) is 12.1 Å². The number of ether oxygens (including phenoxy) is 1. The van der Waals surface area contributed by atoms with Gasteiger partial charge >= 0.3 is 0 Å². The number of nitrogens with two attached hydrogens (primary N) is 1. The molecule has 0 aliphatic rings. The van der Waals surface area contributed by atoms with Crippen LogP contribution >= 0.6 is 0 Å². The van der Waals surface area contributed by atoms with Gasteiger partial charge in [-0.05, 0) is 29.7 Å². The first-order valence-corrected chi connectivity index (χ1v) is 6.13. The Labute approximate surface area is 112 Å². The molecule has 0 unspecified atom stereocenters. The van der Waals surface area contributed by atoms with Gasteiger partial charge in [-0.15, -0.1) is 0 Å². The van der Waals surface area contributed by atoms with Crippen LogP contribution in [0.2, 0.25) is 0 Å². The van der Waals surface area contributed by atoms with E-state index in [1.807, 2.05) is 12.1 Å². The number of nitrogen functional groups attached to an aromatic ring is 1. The summed E-state index contributed by atoms with van der Waals surface area (Å²) in [5.41, 5.74) is 9.14. The molecule has 0 amide bonds. The summed E-state index contributed by atoms with van der Waals surface area (Å²) in [6.45, 7) is 4.27. The monoisotopic (exact) mass is 255 g/mol. The van der Waals surface area contributed by atoms with Gasteiger partial charge in [0.25, 0.3) is 0 Å². The van der Waals surface area contributed by atoms with Gasteiger partial charge in [-0.3, -0.25) is 0 Å². The molecule has 19 heavy (non-hydrogen) atoms. The molecule has 0 saturated carbocycles. The second kappa shape index (κ2) is 5.07. The Morgan fingerprint density at radius 3 is 2.58 bits per heavy atom. The number of aromatic nitrogens is 1. The van der Waals surface area contributed by atoms with Crippen LogP contribution in [-0.2, 0) is 0 Å². The smallest absolute Gasteiger partial charge is 0.128 e. The highest BCUT2D eigenvalue weighted by atomic mass is 16.5. The molecule has 0 saturated heterocycles. The lowest BCUT2D eigenvalue weighted by molar-refractivity contribution is 0.416. The molecule has 3 N–H and O–H groups in total. The average Bonchev–Trinajstić information content (AvgIpc) is 2.79. The molecule has 0 radical (unpaired) electrons. The van der Waals surface area contributed by atoms with Gasteiger partial charge in [-0.2, -0.15) is 5.26 Å². The Hall–Kier alpha value is -2.41. The fourth-order valence-electron chi connectivity index (χ4n) is 2.00. The Balaban J connectivity index is 2.58. The molecule has 0 aliphatic carbocycles. The van der Waals surface area contributed by atoms with Crippen LogP contribution < -0.4 is 10.5 Å². The number of methoxy groups -OCH3 is 1. The van der Waals surface area contributed by atoms with Crippen molar-refractivity contribution in [3.05, 3.63) is 35.4 Å². The third-order valence-corrected chi connectivity index (χ3v) is 3.15. The van der Waals surface area contributed by atoms with Crippen molar-refractivity contribution >= 4 is 5.82 Å². The predicted molar refractivity (Wildman–Crippen MR) is 76.0 cm³/mol. The second-order valence-corrected chi connectivity index (χ2v) is 4.74. The maximum Gasteiger partial charge on any atom is 0.128 e. The largest absolute Gasteiger partial charge is 0.496 e. The van der Waals surface area contributed by atoms with Crippen LogP contribution in [0.1, 0.15) is 30.9 Å². The number of rotatable bonds is 3. The van der Waals surface area contributed by atoms with E-state index in [9.17, 15) is 0 Å². The van der Waals surface area contributed by atoms with Crippen molar-refractivity contribution in [1.82, 2.24) is 4.98 Å². The lowest BCUT2D eigenvalue weighted by atomic mass is 9.99. The van der Waals surface area contributed by atoms with Crippen LogP contribution in [0.3, 0.4) is 0 Å². The maximum absolute atomic E-state index is 8.97. The number of nitriles is 1. The summed E-state index contributed by atoms with van der Waals surface area (Å²) in [6.07, 6.45) is 0. The second-order valence-electron chi connectivity index (χ2n) is 4.74. The number of hydrogen-bond donors (Lipinski definition) is 2. The van der Waals surface area contributed by atoms with Crippen molar-refractivity contribution in [2.24, 2.45) is 0 Å². The van der Waals surface area contributed by atoms with Crippen molar-refractivity contribution in [3.8, 4) is 23.1 Å². The molecule has 4 nitrogen and oxygen atoms in total. The minimum Gasteiger partial charge on any atom is -0.496 e. The van der Waals surface area contributed by atoms with Gasteiger partial charge in [0.15, 0.2) is 0 Å². The van der Waals surface area contributed by atoms with Crippen LogP contribution in [0.15, 0.2) is 24.3 Å². The van der Waals surface area contributed by atoms with Crippen molar-refractivity contribution in [2.45, 2.75) is 19.8 Å². The standard InChI is InChI=1S/C15H17N3O/c1-9(2)10-4-5-14(19-3)12(6-10)13-7-11(8-16)15(17)18-13/h4-7,9,18H,17H2,1-3H3. The van der Waals surface area contributed by atoms with Gasteiger partial charge < -0.3 is 15.5 Å². The van der Waals surface area contributed by atoms with Gasteiger partial charge in [-0.25, -0.2) is 0 Å². The molecule has 98 valence electrons. The van der Waals surface area contributed by atoms with Gasteiger partial charge in [-0.1, -0.05) is 19.9 Å². The molecule has 1 aromatic carbocycles. The van der Waals surface area contributed by atoms with E-state index in [1.54, 1.807) is 13.2 Å². The van der Waals surface area contributed by atoms with Crippen LogP contribution in [0.5, 0.6) is 5.75 Å². The topological polar surface area (TPSA) is 74.8 Å². The lowest BCUT2D eigenvalue weighted by Gasteiger charge is -2.11. The number of nitrogens with zero attached hydrogens (tertiary/aromatic N) is 1. The number of aromatic amines is 1. The summed E-state index contributed by atoms with van der Waals surface area (Å²) in [4.78, 5) is 3.03. The van der Waals surface area contributed by atoms with Gasteiger partial charge in [0.1, 0.15) is 17.6 Å². The summed E-state index contributed by atoms with van der Waals surface area (Å²) in [7, 11) is 1.63. The molecule has 0 aliphatic heterocycles. The van der Waals surface area contributed by atoms with E-state index >= 15 is 0 Å². The molecular weight excluding hydrogens is 238 g/mol. The van der Waals surface area contributed by atoms with Crippen molar-refractivity contribution < 1.29 is 4.74 Å². The number of H-pyrrole nitrogens is 1. The fourth-order valence-corrected chi connectivity index (χ4v) is 2.00. The van der Waals surface area contributed by atoms with Crippen molar-refractivity contribution in [1.29, 1.82) is 5.26 Å². The van der Waals surface area contributed by atoms with Crippen LogP contribution in [0.4, 0.5) is 5.82 Å². The van der Waals surface area contributed by atoms with E-state index in [1.165, 1.54) is 5.56 Å². The molecule has 2 aromatic rings. The van der Waals surface area contributed by atoms with E-state index < -0.39 is 0 Å². The highest BCUT2D eigenvalue weighted by Crippen LogP contribution is 2.33. The van der Waals surface area contributed by atoms with E-state index in [0.29, 0.717) is 17.3 Å². The molecule has 0 atom stereocenters. The Morgan fingerprint density at radius 2 is 2.05 bits per heavy atom. The zero-order valence-corrected chi connectivity index (χ0v) is 11.3.